The zero-order chi connectivity index (χ0) is 11.8. The highest BCUT2D eigenvalue weighted by Gasteiger charge is 2.10. The molecular formula is C12H9ClN2OS. The van der Waals surface area contributed by atoms with Crippen LogP contribution in [-0.2, 0) is 6.42 Å². The molecule has 86 valence electrons. The second kappa shape index (κ2) is 4.05. The molecule has 3 rings (SSSR count). The number of imidazole rings is 1. The summed E-state index contributed by atoms with van der Waals surface area (Å²) >= 11 is 7.74. The van der Waals surface area contributed by atoms with Crippen LogP contribution >= 0.6 is 22.9 Å². The Bertz CT molecular complexity index is 661. The minimum absolute atomic E-state index is 0.196. The summed E-state index contributed by atoms with van der Waals surface area (Å²) in [7, 11) is 0. The van der Waals surface area contributed by atoms with Gasteiger partial charge in [0.05, 0.1) is 5.52 Å². The van der Waals surface area contributed by atoms with Gasteiger partial charge in [0.15, 0.2) is 5.15 Å². The number of pyridine rings is 1. The van der Waals surface area contributed by atoms with Crippen LogP contribution in [0.25, 0.3) is 5.52 Å². The smallest absolute Gasteiger partial charge is 0.155 e. The molecule has 0 saturated heterocycles. The molecule has 0 amide bonds. The first kappa shape index (κ1) is 10.6. The summed E-state index contributed by atoms with van der Waals surface area (Å²) < 4.78 is 1.90. The van der Waals surface area contributed by atoms with E-state index < -0.39 is 0 Å². The molecule has 0 aliphatic carbocycles. The lowest BCUT2D eigenvalue weighted by Gasteiger charge is -1.99. The molecule has 0 radical (unpaired) electrons. The molecule has 0 aromatic carbocycles. The van der Waals surface area contributed by atoms with Crippen LogP contribution in [0.2, 0.25) is 5.15 Å². The molecule has 0 fully saturated rings. The summed E-state index contributed by atoms with van der Waals surface area (Å²) in [6.07, 6.45) is 2.53. The Balaban J connectivity index is 2.11. The maximum Gasteiger partial charge on any atom is 0.155 e. The Labute approximate surface area is 107 Å². The Morgan fingerprint density at radius 2 is 2.29 bits per heavy atom. The summed E-state index contributed by atoms with van der Waals surface area (Å²) in [6, 6.07) is 7.33. The monoisotopic (exact) mass is 264 g/mol. The van der Waals surface area contributed by atoms with Crippen molar-refractivity contribution in [2.45, 2.75) is 6.42 Å². The van der Waals surface area contributed by atoms with E-state index in [9.17, 15) is 5.11 Å². The molecule has 1 N–H and O–H groups in total. The number of hydrogen-bond acceptors (Lipinski definition) is 3. The fourth-order valence-corrected chi connectivity index (χ4v) is 2.74. The van der Waals surface area contributed by atoms with Crippen LogP contribution in [0.4, 0.5) is 0 Å². The largest absolute Gasteiger partial charge is 0.508 e. The molecule has 3 heterocycles. The van der Waals surface area contributed by atoms with Crippen molar-refractivity contribution in [3.05, 3.63) is 51.7 Å². The van der Waals surface area contributed by atoms with Crippen molar-refractivity contribution >= 4 is 28.5 Å². The zero-order valence-electron chi connectivity index (χ0n) is 8.80. The van der Waals surface area contributed by atoms with E-state index in [2.05, 4.69) is 11.1 Å². The molecule has 0 bridgehead atoms. The topological polar surface area (TPSA) is 37.5 Å². The Morgan fingerprint density at radius 1 is 1.41 bits per heavy atom. The summed E-state index contributed by atoms with van der Waals surface area (Å²) in [4.78, 5) is 5.57. The van der Waals surface area contributed by atoms with E-state index in [1.165, 1.54) is 4.88 Å². The van der Waals surface area contributed by atoms with Crippen molar-refractivity contribution in [3.8, 4) is 5.75 Å². The van der Waals surface area contributed by atoms with Crippen LogP contribution in [-0.4, -0.2) is 14.5 Å². The number of hydrogen-bond donors (Lipinski definition) is 1. The number of thiophene rings is 1. The minimum atomic E-state index is 0.196. The summed E-state index contributed by atoms with van der Waals surface area (Å²) in [6.45, 7) is 0. The highest BCUT2D eigenvalue weighted by Crippen LogP contribution is 2.24. The van der Waals surface area contributed by atoms with Gasteiger partial charge in [-0.05, 0) is 17.5 Å². The van der Waals surface area contributed by atoms with Gasteiger partial charge in [0.1, 0.15) is 11.6 Å². The van der Waals surface area contributed by atoms with E-state index in [-0.39, 0.29) is 5.75 Å². The second-order valence-corrected chi connectivity index (χ2v) is 5.11. The lowest BCUT2D eigenvalue weighted by atomic mass is 10.3. The van der Waals surface area contributed by atoms with Gasteiger partial charge in [-0.15, -0.1) is 11.3 Å². The number of rotatable bonds is 2. The fourth-order valence-electron chi connectivity index (χ4n) is 1.79. The standard InChI is InChI=1S/C12H9ClN2OS/c13-12-10-6-8(16)3-4-15(10)11(14-12)7-9-2-1-5-17-9/h1-6,16H,7H2. The predicted molar refractivity (Wildman–Crippen MR) is 69.0 cm³/mol. The first-order valence-corrected chi connectivity index (χ1v) is 6.37. The lowest BCUT2D eigenvalue weighted by molar-refractivity contribution is 0.475. The van der Waals surface area contributed by atoms with Crippen molar-refractivity contribution in [1.29, 1.82) is 0 Å². The molecule has 17 heavy (non-hydrogen) atoms. The van der Waals surface area contributed by atoms with Crippen LogP contribution in [0.3, 0.4) is 0 Å². The van der Waals surface area contributed by atoms with Gasteiger partial charge in [-0.25, -0.2) is 4.98 Å². The zero-order valence-corrected chi connectivity index (χ0v) is 10.4. The normalized spacial score (nSPS) is 11.1. The average molecular weight is 265 g/mol. The van der Waals surface area contributed by atoms with Crippen molar-refractivity contribution < 1.29 is 5.11 Å². The lowest BCUT2D eigenvalue weighted by Crippen LogP contribution is -1.94. The average Bonchev–Trinajstić information content (AvgIpc) is 2.89. The molecule has 0 atom stereocenters. The van der Waals surface area contributed by atoms with Crippen molar-refractivity contribution in [2.24, 2.45) is 0 Å². The third-order valence-electron chi connectivity index (χ3n) is 2.57. The van der Waals surface area contributed by atoms with Gasteiger partial charge in [-0.3, -0.25) is 0 Å². The molecule has 0 unspecified atom stereocenters. The summed E-state index contributed by atoms with van der Waals surface area (Å²) in [5.74, 6) is 1.08. The summed E-state index contributed by atoms with van der Waals surface area (Å²) in [5, 5.41) is 11.9. The van der Waals surface area contributed by atoms with Crippen molar-refractivity contribution in [3.63, 3.8) is 0 Å². The van der Waals surface area contributed by atoms with Crippen LogP contribution < -0.4 is 0 Å². The van der Waals surface area contributed by atoms with Crippen LogP contribution in [0.15, 0.2) is 35.8 Å². The van der Waals surface area contributed by atoms with E-state index in [0.717, 1.165) is 17.8 Å². The van der Waals surface area contributed by atoms with E-state index in [1.807, 2.05) is 15.8 Å². The number of nitrogens with zero attached hydrogens (tertiary/aromatic N) is 2. The maximum absolute atomic E-state index is 9.42. The molecule has 0 aliphatic rings. The van der Waals surface area contributed by atoms with Crippen LogP contribution in [0.1, 0.15) is 10.7 Å². The Hall–Kier alpha value is -1.52. The van der Waals surface area contributed by atoms with Crippen LogP contribution in [0.5, 0.6) is 5.75 Å². The number of halogens is 1. The number of aromatic hydroxyl groups is 1. The van der Waals surface area contributed by atoms with E-state index in [1.54, 1.807) is 29.7 Å². The van der Waals surface area contributed by atoms with Gasteiger partial charge in [-0.2, -0.15) is 0 Å². The van der Waals surface area contributed by atoms with E-state index in [4.69, 9.17) is 11.6 Å². The maximum atomic E-state index is 9.42. The van der Waals surface area contributed by atoms with Gasteiger partial charge in [0, 0.05) is 23.6 Å². The molecule has 0 spiro atoms. The molecule has 3 aromatic heterocycles. The molecule has 3 aromatic rings. The number of fused-ring (bicyclic) bond motifs is 1. The Morgan fingerprint density at radius 3 is 3.06 bits per heavy atom. The van der Waals surface area contributed by atoms with Crippen LogP contribution in [0, 0.1) is 0 Å². The number of aromatic nitrogens is 2. The third-order valence-corrected chi connectivity index (χ3v) is 3.72. The molecule has 0 aliphatic heterocycles. The second-order valence-electron chi connectivity index (χ2n) is 3.72. The summed E-state index contributed by atoms with van der Waals surface area (Å²) in [5.41, 5.74) is 0.734. The third kappa shape index (κ3) is 1.90. The molecule has 5 heteroatoms. The molecular weight excluding hydrogens is 256 g/mol. The van der Waals surface area contributed by atoms with E-state index in [0.29, 0.717) is 5.15 Å². The van der Waals surface area contributed by atoms with Gasteiger partial charge in [-0.1, -0.05) is 17.7 Å². The highest BCUT2D eigenvalue weighted by atomic mass is 35.5. The minimum Gasteiger partial charge on any atom is -0.508 e. The Kier molecular flexibility index (Phi) is 2.53. The van der Waals surface area contributed by atoms with E-state index >= 15 is 0 Å². The van der Waals surface area contributed by atoms with Gasteiger partial charge in [0.25, 0.3) is 0 Å². The predicted octanol–water partition coefficient (Wildman–Crippen LogP) is 3.35. The fraction of sp³-hybridized carbons (Fsp3) is 0.0833. The molecule has 0 saturated carbocycles. The first-order chi connectivity index (χ1) is 8.24. The quantitative estimate of drug-likeness (QED) is 0.771. The van der Waals surface area contributed by atoms with Gasteiger partial charge in [0.2, 0.25) is 0 Å². The molecule has 3 nitrogen and oxygen atoms in total. The van der Waals surface area contributed by atoms with Crippen molar-refractivity contribution in [1.82, 2.24) is 9.38 Å². The SMILES string of the molecule is Oc1ccn2c(Cc3cccs3)nc(Cl)c2c1. The van der Waals surface area contributed by atoms with Crippen molar-refractivity contribution in [2.75, 3.05) is 0 Å². The van der Waals surface area contributed by atoms with Gasteiger partial charge < -0.3 is 9.51 Å². The van der Waals surface area contributed by atoms with Gasteiger partial charge >= 0.3 is 0 Å². The first-order valence-electron chi connectivity index (χ1n) is 5.12. The highest BCUT2D eigenvalue weighted by molar-refractivity contribution is 7.09.